The molecule has 0 spiro atoms. The summed E-state index contributed by atoms with van der Waals surface area (Å²) in [6.07, 6.45) is 1.86. The lowest BCUT2D eigenvalue weighted by Crippen LogP contribution is -2.27. The first-order chi connectivity index (χ1) is 12.4. The van der Waals surface area contributed by atoms with Crippen molar-refractivity contribution >= 4 is 21.6 Å². The van der Waals surface area contributed by atoms with Gasteiger partial charge < -0.3 is 4.90 Å². The van der Waals surface area contributed by atoms with Gasteiger partial charge in [0.1, 0.15) is 0 Å². The van der Waals surface area contributed by atoms with Crippen LogP contribution in [-0.2, 0) is 10.0 Å². The predicted octanol–water partition coefficient (Wildman–Crippen LogP) is 3.23. The van der Waals surface area contributed by atoms with E-state index in [1.165, 1.54) is 36.4 Å². The molecule has 136 valence electrons. The van der Waals surface area contributed by atoms with Crippen molar-refractivity contribution in [1.29, 1.82) is 5.26 Å². The first-order valence-electron chi connectivity index (χ1n) is 8.26. The van der Waals surface area contributed by atoms with E-state index in [0.29, 0.717) is 23.4 Å². The van der Waals surface area contributed by atoms with E-state index in [2.05, 4.69) is 4.72 Å². The molecule has 0 atom stereocenters. The summed E-state index contributed by atoms with van der Waals surface area (Å²) in [5, 5.41) is 8.80. The van der Waals surface area contributed by atoms with Gasteiger partial charge in [-0.1, -0.05) is 19.4 Å². The van der Waals surface area contributed by atoms with Gasteiger partial charge in [0.15, 0.2) is 0 Å². The molecule has 6 nitrogen and oxygen atoms in total. The third-order valence-corrected chi connectivity index (χ3v) is 5.23. The summed E-state index contributed by atoms with van der Waals surface area (Å²) in [7, 11) is -2.13. The van der Waals surface area contributed by atoms with Gasteiger partial charge in [-0.3, -0.25) is 9.52 Å². The number of benzene rings is 2. The van der Waals surface area contributed by atoms with Crippen molar-refractivity contribution < 1.29 is 13.2 Å². The Kier molecular flexibility index (Phi) is 6.36. The average molecular weight is 371 g/mol. The Hall–Kier alpha value is -2.85. The number of hydrogen-bond donors (Lipinski definition) is 1. The third kappa shape index (κ3) is 4.83. The molecule has 0 fully saturated rings. The summed E-state index contributed by atoms with van der Waals surface area (Å²) in [6, 6.07) is 14.0. The maximum absolute atomic E-state index is 12.6. The number of carbonyl (C=O) groups is 1. The molecular weight excluding hydrogens is 350 g/mol. The number of carbonyl (C=O) groups excluding carboxylic acids is 1. The highest BCUT2D eigenvalue weighted by Gasteiger charge is 2.18. The lowest BCUT2D eigenvalue weighted by atomic mass is 10.2. The summed E-state index contributed by atoms with van der Waals surface area (Å²) >= 11 is 0. The van der Waals surface area contributed by atoms with Crippen LogP contribution in [0.25, 0.3) is 0 Å². The number of amides is 1. The molecule has 0 aliphatic carbocycles. The van der Waals surface area contributed by atoms with Gasteiger partial charge in [-0.25, -0.2) is 8.42 Å². The molecule has 0 saturated heterocycles. The molecule has 1 N–H and O–H groups in total. The summed E-state index contributed by atoms with van der Waals surface area (Å²) in [5.74, 6) is -0.214. The Labute approximate surface area is 154 Å². The molecule has 0 aliphatic heterocycles. The van der Waals surface area contributed by atoms with Crippen molar-refractivity contribution in [3.63, 3.8) is 0 Å². The fourth-order valence-corrected chi connectivity index (χ4v) is 3.44. The number of hydrogen-bond acceptors (Lipinski definition) is 4. The zero-order valence-corrected chi connectivity index (χ0v) is 15.6. The molecule has 0 heterocycles. The third-order valence-electron chi connectivity index (χ3n) is 3.85. The average Bonchev–Trinajstić information content (AvgIpc) is 2.66. The fourth-order valence-electron chi connectivity index (χ4n) is 2.34. The Morgan fingerprint density at radius 2 is 1.88 bits per heavy atom. The number of nitrogens with zero attached hydrogens (tertiary/aromatic N) is 2. The van der Waals surface area contributed by atoms with Crippen molar-refractivity contribution in [2.24, 2.45) is 0 Å². The predicted molar refractivity (Wildman–Crippen MR) is 100 cm³/mol. The van der Waals surface area contributed by atoms with Gasteiger partial charge in [-0.15, -0.1) is 0 Å². The van der Waals surface area contributed by atoms with Crippen molar-refractivity contribution in [3.05, 3.63) is 59.7 Å². The second kappa shape index (κ2) is 8.50. The van der Waals surface area contributed by atoms with Crippen molar-refractivity contribution in [2.75, 3.05) is 18.3 Å². The second-order valence-corrected chi connectivity index (χ2v) is 7.59. The number of nitriles is 1. The molecule has 0 saturated carbocycles. The van der Waals surface area contributed by atoms with Crippen molar-refractivity contribution in [3.8, 4) is 6.07 Å². The minimum atomic E-state index is -3.84. The molecule has 0 radical (unpaired) electrons. The molecule has 0 unspecified atom stereocenters. The minimum absolute atomic E-state index is 0.0107. The number of nitrogens with one attached hydrogen (secondary N) is 1. The van der Waals surface area contributed by atoms with Gasteiger partial charge in [-0.05, 0) is 48.9 Å². The molecule has 0 bridgehead atoms. The van der Waals surface area contributed by atoms with E-state index in [9.17, 15) is 13.2 Å². The van der Waals surface area contributed by atoms with E-state index >= 15 is 0 Å². The van der Waals surface area contributed by atoms with Crippen LogP contribution >= 0.6 is 0 Å². The first-order valence-corrected chi connectivity index (χ1v) is 9.74. The van der Waals surface area contributed by atoms with Gasteiger partial charge >= 0.3 is 0 Å². The van der Waals surface area contributed by atoms with Gasteiger partial charge in [0, 0.05) is 24.8 Å². The summed E-state index contributed by atoms with van der Waals surface area (Å²) in [4.78, 5) is 14.0. The molecule has 7 heteroatoms. The molecule has 26 heavy (non-hydrogen) atoms. The van der Waals surface area contributed by atoms with Gasteiger partial charge in [0.2, 0.25) is 0 Å². The quantitative estimate of drug-likeness (QED) is 0.809. The molecule has 2 aromatic carbocycles. The number of sulfonamides is 1. The second-order valence-electron chi connectivity index (χ2n) is 5.90. The van der Waals surface area contributed by atoms with Crippen LogP contribution in [0, 0.1) is 11.3 Å². The lowest BCUT2D eigenvalue weighted by molar-refractivity contribution is 0.0793. The van der Waals surface area contributed by atoms with Crippen LogP contribution in [0.2, 0.25) is 0 Å². The largest absolute Gasteiger partial charge is 0.342 e. The number of anilines is 1. The minimum Gasteiger partial charge on any atom is -0.342 e. The van der Waals surface area contributed by atoms with E-state index in [4.69, 9.17) is 5.26 Å². The molecule has 0 aliphatic rings. The van der Waals surface area contributed by atoms with Gasteiger partial charge in [0.05, 0.1) is 16.5 Å². The lowest BCUT2D eigenvalue weighted by Gasteiger charge is -2.17. The maximum atomic E-state index is 12.6. The van der Waals surface area contributed by atoms with E-state index in [1.807, 2.05) is 13.0 Å². The van der Waals surface area contributed by atoms with E-state index in [-0.39, 0.29) is 10.8 Å². The topological polar surface area (TPSA) is 90.3 Å². The highest BCUT2D eigenvalue weighted by atomic mass is 32.2. The Bertz CT molecular complexity index is 916. The zero-order chi connectivity index (χ0) is 19.2. The summed E-state index contributed by atoms with van der Waals surface area (Å²) in [6.45, 7) is 2.66. The Morgan fingerprint density at radius 1 is 1.19 bits per heavy atom. The molecule has 1 amide bonds. The van der Waals surface area contributed by atoms with Crippen molar-refractivity contribution in [1.82, 2.24) is 4.90 Å². The SMILES string of the molecule is CCCCN(C)C(=O)c1cccc(S(=O)(=O)Nc2ccc(C#N)cc2)c1. The molecule has 0 aromatic heterocycles. The summed E-state index contributed by atoms with van der Waals surface area (Å²) in [5.41, 5.74) is 1.11. The Morgan fingerprint density at radius 3 is 2.50 bits per heavy atom. The van der Waals surface area contributed by atoms with Gasteiger partial charge in [-0.2, -0.15) is 5.26 Å². The normalized spacial score (nSPS) is 10.8. The Balaban J connectivity index is 2.21. The molecule has 2 rings (SSSR count). The highest BCUT2D eigenvalue weighted by molar-refractivity contribution is 7.92. The molecular formula is C19H21N3O3S. The van der Waals surface area contributed by atoms with E-state index in [0.717, 1.165) is 12.8 Å². The standard InChI is InChI=1S/C19H21N3O3S/c1-3-4-12-22(2)19(23)16-6-5-7-18(13-16)26(24,25)21-17-10-8-15(14-20)9-11-17/h5-11,13,21H,3-4,12H2,1-2H3. The van der Waals surface area contributed by atoms with Gasteiger partial charge in [0.25, 0.3) is 15.9 Å². The highest BCUT2D eigenvalue weighted by Crippen LogP contribution is 2.18. The first kappa shape index (κ1) is 19.5. The van der Waals surface area contributed by atoms with Crippen molar-refractivity contribution in [2.45, 2.75) is 24.7 Å². The number of unbranched alkanes of at least 4 members (excludes halogenated alkanes) is 1. The number of rotatable bonds is 7. The molecule has 2 aromatic rings. The smallest absolute Gasteiger partial charge is 0.261 e. The fraction of sp³-hybridized carbons (Fsp3) is 0.263. The van der Waals surface area contributed by atoms with Crippen LogP contribution in [0.15, 0.2) is 53.4 Å². The monoisotopic (exact) mass is 371 g/mol. The zero-order valence-electron chi connectivity index (χ0n) is 14.8. The van der Waals surface area contributed by atoms with Crippen LogP contribution in [-0.4, -0.2) is 32.8 Å². The maximum Gasteiger partial charge on any atom is 0.261 e. The van der Waals surface area contributed by atoms with Crippen LogP contribution < -0.4 is 4.72 Å². The van der Waals surface area contributed by atoms with Crippen LogP contribution in [0.5, 0.6) is 0 Å². The van der Waals surface area contributed by atoms with Crippen LogP contribution in [0.3, 0.4) is 0 Å². The van der Waals surface area contributed by atoms with Crippen LogP contribution in [0.4, 0.5) is 5.69 Å². The van der Waals surface area contributed by atoms with E-state index in [1.54, 1.807) is 24.1 Å². The van der Waals surface area contributed by atoms with E-state index < -0.39 is 10.0 Å². The summed E-state index contributed by atoms with van der Waals surface area (Å²) < 4.78 is 27.6. The van der Waals surface area contributed by atoms with Crippen LogP contribution in [0.1, 0.15) is 35.7 Å².